The fourth-order valence-electron chi connectivity index (χ4n) is 3.39. The van der Waals surface area contributed by atoms with Crippen LogP contribution in [0.4, 0.5) is 14.9 Å². The fraction of sp³-hybridized carbons (Fsp3) is 0.500. The highest BCUT2D eigenvalue weighted by Gasteiger charge is 2.44. The van der Waals surface area contributed by atoms with Crippen molar-refractivity contribution in [3.8, 4) is 0 Å². The lowest BCUT2D eigenvalue weighted by Crippen LogP contribution is -2.70. The van der Waals surface area contributed by atoms with E-state index in [-0.39, 0.29) is 18.4 Å². The Labute approximate surface area is 151 Å². The molecule has 2 saturated heterocycles. The van der Waals surface area contributed by atoms with Crippen LogP contribution in [0.25, 0.3) is 0 Å². The lowest BCUT2D eigenvalue weighted by molar-refractivity contribution is -0.152. The number of hydrogen-bond donors (Lipinski definition) is 2. The normalized spacial score (nSPS) is 22.9. The lowest BCUT2D eigenvalue weighted by atomic mass is 9.97. The molecule has 0 bridgehead atoms. The number of urea groups is 1. The molecule has 2 N–H and O–H groups in total. The third kappa shape index (κ3) is 3.79. The minimum atomic E-state index is -0.682. The van der Waals surface area contributed by atoms with Gasteiger partial charge in [-0.25, -0.2) is 9.18 Å². The molecule has 0 saturated carbocycles. The smallest absolute Gasteiger partial charge is 0.321 e. The zero-order chi connectivity index (χ0) is 18.8. The van der Waals surface area contributed by atoms with Crippen molar-refractivity contribution in [2.24, 2.45) is 5.92 Å². The minimum absolute atomic E-state index is 0.0894. The van der Waals surface area contributed by atoms with Gasteiger partial charge in [-0.3, -0.25) is 9.59 Å². The fourth-order valence-corrected chi connectivity index (χ4v) is 3.39. The summed E-state index contributed by atoms with van der Waals surface area (Å²) in [6.45, 7) is 4.75. The van der Waals surface area contributed by atoms with Gasteiger partial charge in [-0.2, -0.15) is 0 Å². The summed E-state index contributed by atoms with van der Waals surface area (Å²) >= 11 is 0. The molecule has 2 aliphatic rings. The van der Waals surface area contributed by atoms with Gasteiger partial charge in [0.15, 0.2) is 0 Å². The number of carbonyl (C=O) groups excluding carboxylic acids is 3. The summed E-state index contributed by atoms with van der Waals surface area (Å²) in [7, 11) is 0. The number of nitrogens with one attached hydrogen (secondary N) is 2. The molecule has 3 rings (SSSR count). The summed E-state index contributed by atoms with van der Waals surface area (Å²) < 4.78 is 13.2. The number of fused-ring (bicyclic) bond motifs is 1. The van der Waals surface area contributed by atoms with E-state index >= 15 is 0 Å². The van der Waals surface area contributed by atoms with Crippen LogP contribution in [0.5, 0.6) is 0 Å². The van der Waals surface area contributed by atoms with Crippen molar-refractivity contribution >= 4 is 23.5 Å². The number of amides is 4. The summed E-state index contributed by atoms with van der Waals surface area (Å²) in [5.41, 5.74) is 0.346. The second kappa shape index (κ2) is 7.31. The van der Waals surface area contributed by atoms with Crippen LogP contribution >= 0.6 is 0 Å². The first-order chi connectivity index (χ1) is 12.3. The van der Waals surface area contributed by atoms with Crippen molar-refractivity contribution in [2.45, 2.75) is 32.4 Å². The summed E-state index contributed by atoms with van der Waals surface area (Å²) in [5.74, 6) is -0.479. The molecule has 0 spiro atoms. The molecule has 8 heteroatoms. The van der Waals surface area contributed by atoms with Crippen molar-refractivity contribution in [1.82, 2.24) is 15.1 Å². The van der Waals surface area contributed by atoms with E-state index in [0.717, 1.165) is 0 Å². The predicted molar refractivity (Wildman–Crippen MR) is 93.9 cm³/mol. The van der Waals surface area contributed by atoms with E-state index in [1.54, 1.807) is 11.0 Å². The van der Waals surface area contributed by atoms with Crippen molar-refractivity contribution in [2.75, 3.05) is 25.0 Å². The van der Waals surface area contributed by atoms with Gasteiger partial charge in [-0.15, -0.1) is 0 Å². The molecule has 26 heavy (non-hydrogen) atoms. The van der Waals surface area contributed by atoms with Crippen LogP contribution in [0.15, 0.2) is 24.3 Å². The molecule has 1 aromatic carbocycles. The van der Waals surface area contributed by atoms with E-state index in [9.17, 15) is 18.8 Å². The molecule has 0 aromatic heterocycles. The average molecular weight is 362 g/mol. The Balaban J connectivity index is 1.65. The Morgan fingerprint density at radius 1 is 1.35 bits per heavy atom. The zero-order valence-corrected chi connectivity index (χ0v) is 14.9. The van der Waals surface area contributed by atoms with Gasteiger partial charge in [0.1, 0.15) is 17.9 Å². The number of nitrogens with zero attached hydrogens (tertiary/aromatic N) is 2. The molecule has 140 valence electrons. The van der Waals surface area contributed by atoms with Gasteiger partial charge in [0, 0.05) is 18.8 Å². The third-order valence-electron chi connectivity index (χ3n) is 4.65. The minimum Gasteiger partial charge on any atom is -0.342 e. The number of piperazine rings is 2. The first kappa shape index (κ1) is 18.2. The molecule has 0 aliphatic carbocycles. The van der Waals surface area contributed by atoms with Gasteiger partial charge in [0.2, 0.25) is 11.8 Å². The first-order valence-electron chi connectivity index (χ1n) is 8.77. The Kier molecular flexibility index (Phi) is 5.11. The van der Waals surface area contributed by atoms with E-state index in [2.05, 4.69) is 10.6 Å². The van der Waals surface area contributed by atoms with Crippen molar-refractivity contribution in [3.63, 3.8) is 0 Å². The molecule has 7 nitrogen and oxygen atoms in total. The van der Waals surface area contributed by atoms with Gasteiger partial charge >= 0.3 is 6.03 Å². The molecule has 0 radical (unpaired) electrons. The Bertz CT molecular complexity index is 724. The first-order valence-corrected chi connectivity index (χ1v) is 8.77. The van der Waals surface area contributed by atoms with E-state index in [4.69, 9.17) is 0 Å². The zero-order valence-electron chi connectivity index (χ0n) is 14.9. The molecule has 1 aromatic rings. The van der Waals surface area contributed by atoms with Gasteiger partial charge in [-0.05, 0) is 30.5 Å². The number of benzene rings is 1. The number of halogens is 1. The molecule has 0 unspecified atom stereocenters. The van der Waals surface area contributed by atoms with E-state index in [0.29, 0.717) is 31.1 Å². The van der Waals surface area contributed by atoms with Crippen LogP contribution < -0.4 is 10.6 Å². The summed E-state index contributed by atoms with van der Waals surface area (Å²) in [6.07, 6.45) is 0.595. The topological polar surface area (TPSA) is 81.8 Å². The molecule has 2 aliphatic heterocycles. The maximum Gasteiger partial charge on any atom is 0.321 e. The maximum atomic E-state index is 13.2. The monoisotopic (exact) mass is 362 g/mol. The number of rotatable bonds is 3. The van der Waals surface area contributed by atoms with Crippen LogP contribution in [0.1, 0.15) is 20.3 Å². The quantitative estimate of drug-likeness (QED) is 0.853. The molecule has 2 atom stereocenters. The summed E-state index contributed by atoms with van der Waals surface area (Å²) in [5, 5.41) is 5.40. The van der Waals surface area contributed by atoms with Crippen LogP contribution in [0.3, 0.4) is 0 Å². The average Bonchev–Trinajstić information content (AvgIpc) is 2.58. The Morgan fingerprint density at radius 3 is 2.81 bits per heavy atom. The largest absolute Gasteiger partial charge is 0.342 e. The second-order valence-corrected chi connectivity index (χ2v) is 7.12. The second-order valence-electron chi connectivity index (χ2n) is 7.12. The standard InChI is InChI=1S/C18H23FN4O3/c1-11(2)8-14-17(25)23-7-6-22(10-15(23)16(24)21-14)18(26)20-13-5-3-4-12(19)9-13/h3-5,9,11,14-15H,6-8,10H2,1-2H3,(H,20,26)(H,21,24)/t14-,15+/m0/s1. The van der Waals surface area contributed by atoms with Gasteiger partial charge in [-0.1, -0.05) is 19.9 Å². The maximum absolute atomic E-state index is 13.2. The van der Waals surface area contributed by atoms with Crippen LogP contribution in [0.2, 0.25) is 0 Å². The molecule has 2 fully saturated rings. The Hall–Kier alpha value is -2.64. The van der Waals surface area contributed by atoms with E-state index in [1.807, 2.05) is 13.8 Å². The van der Waals surface area contributed by atoms with Gasteiger partial charge in [0.25, 0.3) is 0 Å². The lowest BCUT2D eigenvalue weighted by Gasteiger charge is -2.45. The third-order valence-corrected chi connectivity index (χ3v) is 4.65. The van der Waals surface area contributed by atoms with Crippen LogP contribution in [-0.2, 0) is 9.59 Å². The molecular formula is C18H23FN4O3. The van der Waals surface area contributed by atoms with Crippen molar-refractivity contribution in [3.05, 3.63) is 30.1 Å². The highest BCUT2D eigenvalue weighted by Crippen LogP contribution is 2.20. The summed E-state index contributed by atoms with van der Waals surface area (Å²) in [4.78, 5) is 40.5. The van der Waals surface area contributed by atoms with Crippen molar-refractivity contribution in [1.29, 1.82) is 0 Å². The van der Waals surface area contributed by atoms with Gasteiger partial charge < -0.3 is 20.4 Å². The molecule has 2 heterocycles. The summed E-state index contributed by atoms with van der Waals surface area (Å²) in [6, 6.07) is 4.01. The molecule has 4 amide bonds. The highest BCUT2D eigenvalue weighted by molar-refractivity contribution is 5.98. The van der Waals surface area contributed by atoms with E-state index in [1.165, 1.54) is 23.1 Å². The Morgan fingerprint density at radius 2 is 2.12 bits per heavy atom. The van der Waals surface area contributed by atoms with Crippen molar-refractivity contribution < 1.29 is 18.8 Å². The number of carbonyl (C=O) groups is 3. The predicted octanol–water partition coefficient (Wildman–Crippen LogP) is 1.41. The van der Waals surface area contributed by atoms with E-state index < -0.39 is 23.9 Å². The molecular weight excluding hydrogens is 339 g/mol. The van der Waals surface area contributed by atoms with Gasteiger partial charge in [0.05, 0.1) is 6.54 Å². The number of hydrogen-bond acceptors (Lipinski definition) is 3. The highest BCUT2D eigenvalue weighted by atomic mass is 19.1. The SMILES string of the molecule is CC(C)C[C@@H]1NC(=O)[C@H]2CN(C(=O)Nc3cccc(F)c3)CCN2C1=O. The number of anilines is 1. The van der Waals surface area contributed by atoms with Crippen LogP contribution in [-0.4, -0.2) is 59.4 Å². The van der Waals surface area contributed by atoms with Crippen LogP contribution in [0, 0.1) is 11.7 Å².